The number of hydrogen-bond donors (Lipinski definition) is 1. The molecule has 10 heteroatoms. The first-order valence-electron chi connectivity index (χ1n) is 11.7. The highest BCUT2D eigenvalue weighted by molar-refractivity contribution is 5.95. The summed E-state index contributed by atoms with van der Waals surface area (Å²) in [7, 11) is 0. The predicted molar refractivity (Wildman–Crippen MR) is 128 cm³/mol. The van der Waals surface area contributed by atoms with E-state index in [0.29, 0.717) is 17.6 Å². The maximum absolute atomic E-state index is 14.7. The minimum Gasteiger partial charge on any atom is -0.444 e. The first-order chi connectivity index (χ1) is 16.6. The van der Waals surface area contributed by atoms with Crippen LogP contribution < -0.4 is 10.2 Å². The lowest BCUT2D eigenvalue weighted by molar-refractivity contribution is -0.138. The largest absolute Gasteiger partial charge is 0.444 e. The van der Waals surface area contributed by atoms with E-state index < -0.39 is 35.9 Å². The molecular formula is C25H30FN5O4. The smallest absolute Gasteiger partial charge is 0.410 e. The van der Waals surface area contributed by atoms with Gasteiger partial charge in [-0.15, -0.1) is 0 Å². The van der Waals surface area contributed by atoms with Gasteiger partial charge in [0.25, 0.3) is 5.91 Å². The molecule has 0 unspecified atom stereocenters. The fourth-order valence-electron chi connectivity index (χ4n) is 4.47. The SMILES string of the molecule is C[C@@H]1CN(c2ccc(C#N)c3ncccc23)C[C@H](C(=O)N[C@H]2CN(C(=O)OC(C)(C)C)C[C@H]2F)O1. The molecule has 2 aliphatic rings. The molecule has 2 amide bonds. The van der Waals surface area contributed by atoms with Gasteiger partial charge in [-0.2, -0.15) is 5.26 Å². The van der Waals surface area contributed by atoms with Gasteiger partial charge >= 0.3 is 6.09 Å². The number of aromatic nitrogens is 1. The number of halogens is 1. The fraction of sp³-hybridized carbons (Fsp3) is 0.520. The topological polar surface area (TPSA) is 108 Å². The molecule has 1 N–H and O–H groups in total. The van der Waals surface area contributed by atoms with Gasteiger partial charge in [0.15, 0.2) is 6.10 Å². The van der Waals surface area contributed by atoms with E-state index in [4.69, 9.17) is 9.47 Å². The summed E-state index contributed by atoms with van der Waals surface area (Å²) in [6.07, 6.45) is -1.46. The third kappa shape index (κ3) is 5.46. The molecule has 35 heavy (non-hydrogen) atoms. The average molecular weight is 484 g/mol. The molecule has 186 valence electrons. The van der Waals surface area contributed by atoms with E-state index >= 15 is 0 Å². The lowest BCUT2D eigenvalue weighted by Gasteiger charge is -2.38. The van der Waals surface area contributed by atoms with E-state index in [2.05, 4.69) is 16.4 Å². The van der Waals surface area contributed by atoms with Crippen LogP contribution in [0.5, 0.6) is 0 Å². The second kappa shape index (κ2) is 9.66. The van der Waals surface area contributed by atoms with Crippen molar-refractivity contribution < 1.29 is 23.5 Å². The summed E-state index contributed by atoms with van der Waals surface area (Å²) in [6.45, 7) is 7.79. The average Bonchev–Trinajstić information content (AvgIpc) is 3.17. The van der Waals surface area contributed by atoms with Gasteiger partial charge in [0.1, 0.15) is 17.8 Å². The highest BCUT2D eigenvalue weighted by Gasteiger charge is 2.40. The number of nitrogens with zero attached hydrogens (tertiary/aromatic N) is 4. The number of anilines is 1. The Morgan fingerprint density at radius 1 is 1.23 bits per heavy atom. The van der Waals surface area contributed by atoms with Gasteiger partial charge in [0.05, 0.1) is 36.3 Å². The van der Waals surface area contributed by atoms with Crippen molar-refractivity contribution in [3.63, 3.8) is 0 Å². The quantitative estimate of drug-likeness (QED) is 0.715. The van der Waals surface area contributed by atoms with Gasteiger partial charge in [0.2, 0.25) is 0 Å². The summed E-state index contributed by atoms with van der Waals surface area (Å²) in [5, 5.41) is 13.0. The van der Waals surface area contributed by atoms with Crippen LogP contribution in [0.15, 0.2) is 30.5 Å². The number of likely N-dealkylation sites (tertiary alicyclic amines) is 1. The van der Waals surface area contributed by atoms with Gasteiger partial charge in [-0.1, -0.05) is 0 Å². The lowest BCUT2D eigenvalue weighted by Crippen LogP contribution is -2.55. The molecule has 0 bridgehead atoms. The molecule has 9 nitrogen and oxygen atoms in total. The first kappa shape index (κ1) is 24.7. The van der Waals surface area contributed by atoms with E-state index in [-0.39, 0.29) is 25.7 Å². The van der Waals surface area contributed by atoms with Gasteiger partial charge < -0.3 is 24.6 Å². The van der Waals surface area contributed by atoms with Crippen molar-refractivity contribution in [1.82, 2.24) is 15.2 Å². The summed E-state index contributed by atoms with van der Waals surface area (Å²) in [6, 6.07) is 8.59. The Balaban J connectivity index is 1.46. The van der Waals surface area contributed by atoms with E-state index in [0.717, 1.165) is 11.1 Å². The molecule has 4 atom stereocenters. The van der Waals surface area contributed by atoms with E-state index in [1.54, 1.807) is 39.1 Å². The number of rotatable bonds is 3. The van der Waals surface area contributed by atoms with Crippen LogP contribution in [0.1, 0.15) is 33.3 Å². The van der Waals surface area contributed by atoms with Gasteiger partial charge in [-0.25, -0.2) is 9.18 Å². The zero-order valence-corrected chi connectivity index (χ0v) is 20.3. The minimum atomic E-state index is -1.41. The van der Waals surface area contributed by atoms with E-state index in [1.807, 2.05) is 24.0 Å². The van der Waals surface area contributed by atoms with Crippen LogP contribution in [0.2, 0.25) is 0 Å². The maximum Gasteiger partial charge on any atom is 0.410 e. The number of carbonyl (C=O) groups excluding carboxylic acids is 2. The van der Waals surface area contributed by atoms with Crippen molar-refractivity contribution in [2.45, 2.75) is 57.7 Å². The zero-order valence-electron chi connectivity index (χ0n) is 20.3. The summed E-state index contributed by atoms with van der Waals surface area (Å²) in [5.74, 6) is -0.434. The highest BCUT2D eigenvalue weighted by atomic mass is 19.1. The van der Waals surface area contributed by atoms with Crippen LogP contribution in [-0.2, 0) is 14.3 Å². The van der Waals surface area contributed by atoms with Crippen molar-refractivity contribution in [3.05, 3.63) is 36.0 Å². The molecule has 3 heterocycles. The molecule has 2 saturated heterocycles. The van der Waals surface area contributed by atoms with Gasteiger partial charge in [-0.05, 0) is 52.0 Å². The van der Waals surface area contributed by atoms with Gasteiger partial charge in [-0.3, -0.25) is 9.78 Å². The number of nitrogens with one attached hydrogen (secondary N) is 1. The Kier molecular flexibility index (Phi) is 6.81. The van der Waals surface area contributed by atoms with Crippen molar-refractivity contribution in [2.75, 3.05) is 31.1 Å². The number of pyridine rings is 1. The summed E-state index contributed by atoms with van der Waals surface area (Å²) < 4.78 is 25.9. The zero-order chi connectivity index (χ0) is 25.3. The van der Waals surface area contributed by atoms with Crippen LogP contribution in [0.4, 0.5) is 14.9 Å². The summed E-state index contributed by atoms with van der Waals surface area (Å²) in [4.78, 5) is 33.0. The number of morpholine rings is 1. The second-order valence-corrected chi connectivity index (χ2v) is 10.0. The number of ether oxygens (including phenoxy) is 2. The number of carbonyl (C=O) groups is 2. The Bertz CT molecular complexity index is 1160. The third-order valence-corrected chi connectivity index (χ3v) is 5.99. The highest BCUT2D eigenvalue weighted by Crippen LogP contribution is 2.30. The molecule has 0 saturated carbocycles. The van der Waals surface area contributed by atoms with E-state index in [9.17, 15) is 19.2 Å². The number of amides is 2. The fourth-order valence-corrected chi connectivity index (χ4v) is 4.47. The molecule has 4 rings (SSSR count). The normalized spacial score (nSPS) is 24.8. The standard InChI is InChI=1S/C25H30FN5O4/c1-15-11-30(20-8-7-16(10-27)22-17(20)6-5-9-28-22)14-21(34-15)23(32)29-19-13-31(12-18(19)26)24(33)35-25(2,3)4/h5-9,15,18-19,21H,11-14H2,1-4H3,(H,29,32)/t15-,18-,19+,21-/m1/s1. The Hall–Kier alpha value is -3.45. The van der Waals surface area contributed by atoms with Crippen molar-refractivity contribution in [3.8, 4) is 6.07 Å². The molecule has 1 aromatic heterocycles. The number of fused-ring (bicyclic) bond motifs is 1. The third-order valence-electron chi connectivity index (χ3n) is 5.99. The molecular weight excluding hydrogens is 453 g/mol. The molecule has 0 radical (unpaired) electrons. The van der Waals surface area contributed by atoms with Gasteiger partial charge in [0, 0.05) is 30.4 Å². The Labute approximate surface area is 203 Å². The lowest BCUT2D eigenvalue weighted by atomic mass is 10.1. The molecule has 0 spiro atoms. The monoisotopic (exact) mass is 483 g/mol. The van der Waals surface area contributed by atoms with E-state index in [1.165, 1.54) is 4.90 Å². The van der Waals surface area contributed by atoms with Crippen molar-refractivity contribution >= 4 is 28.6 Å². The predicted octanol–water partition coefficient (Wildman–Crippen LogP) is 2.77. The molecule has 1 aromatic carbocycles. The Morgan fingerprint density at radius 2 is 2.00 bits per heavy atom. The number of benzene rings is 1. The molecule has 2 fully saturated rings. The minimum absolute atomic E-state index is 0.0275. The summed E-state index contributed by atoms with van der Waals surface area (Å²) >= 11 is 0. The Morgan fingerprint density at radius 3 is 2.71 bits per heavy atom. The van der Waals surface area contributed by atoms with Crippen LogP contribution in [-0.4, -0.2) is 78.1 Å². The van der Waals surface area contributed by atoms with Crippen molar-refractivity contribution in [2.24, 2.45) is 0 Å². The number of hydrogen-bond acceptors (Lipinski definition) is 7. The molecule has 0 aliphatic carbocycles. The maximum atomic E-state index is 14.7. The number of nitriles is 1. The summed E-state index contributed by atoms with van der Waals surface area (Å²) in [5.41, 5.74) is 1.23. The van der Waals surface area contributed by atoms with Crippen LogP contribution in [0.25, 0.3) is 10.9 Å². The van der Waals surface area contributed by atoms with Crippen LogP contribution >= 0.6 is 0 Å². The second-order valence-electron chi connectivity index (χ2n) is 10.0. The van der Waals surface area contributed by atoms with Crippen LogP contribution in [0.3, 0.4) is 0 Å². The van der Waals surface area contributed by atoms with Crippen LogP contribution in [0, 0.1) is 11.3 Å². The molecule has 2 aromatic rings. The first-order valence-corrected chi connectivity index (χ1v) is 11.7. The molecule has 2 aliphatic heterocycles. The van der Waals surface area contributed by atoms with Crippen molar-refractivity contribution in [1.29, 1.82) is 5.26 Å². The number of alkyl halides is 1.